The van der Waals surface area contributed by atoms with Gasteiger partial charge in [-0.3, -0.25) is 0 Å². The minimum atomic E-state index is -3.57. The Labute approximate surface area is 172 Å². The number of benzene rings is 2. The third-order valence-electron chi connectivity index (χ3n) is 5.73. The molecule has 0 aliphatic carbocycles. The van der Waals surface area contributed by atoms with Crippen LogP contribution in [0.15, 0.2) is 53.4 Å². The van der Waals surface area contributed by atoms with Gasteiger partial charge in [0, 0.05) is 31.9 Å². The lowest BCUT2D eigenvalue weighted by atomic mass is 10.0. The fourth-order valence-corrected chi connectivity index (χ4v) is 5.43. The maximum absolute atomic E-state index is 13.0. The second-order valence-corrected chi connectivity index (χ2v) is 9.65. The maximum atomic E-state index is 13.0. The van der Waals surface area contributed by atoms with Crippen LogP contribution in [0.25, 0.3) is 0 Å². The molecule has 2 aromatic carbocycles. The van der Waals surface area contributed by atoms with E-state index in [2.05, 4.69) is 11.4 Å². The van der Waals surface area contributed by atoms with Crippen LogP contribution >= 0.6 is 0 Å². The van der Waals surface area contributed by atoms with Gasteiger partial charge in [0.1, 0.15) is 0 Å². The van der Waals surface area contributed by atoms with E-state index < -0.39 is 10.0 Å². The van der Waals surface area contributed by atoms with E-state index in [0.29, 0.717) is 18.8 Å². The number of carbonyl (C=O) groups excluding carboxylic acids is 1. The molecule has 4 rings (SSSR count). The van der Waals surface area contributed by atoms with Crippen LogP contribution < -0.4 is 5.32 Å². The van der Waals surface area contributed by atoms with E-state index >= 15 is 0 Å². The number of nitrogens with one attached hydrogen (secondary N) is 1. The van der Waals surface area contributed by atoms with Crippen molar-refractivity contribution in [3.63, 3.8) is 0 Å². The number of fused-ring (bicyclic) bond motifs is 1. The Kier molecular flexibility index (Phi) is 5.87. The topological polar surface area (TPSA) is 69.7 Å². The van der Waals surface area contributed by atoms with Crippen LogP contribution in [0.2, 0.25) is 0 Å². The summed E-state index contributed by atoms with van der Waals surface area (Å²) >= 11 is 0. The first-order valence-corrected chi connectivity index (χ1v) is 11.7. The fraction of sp³-hybridized carbons (Fsp3) is 0.409. The van der Waals surface area contributed by atoms with Gasteiger partial charge < -0.3 is 10.2 Å². The highest BCUT2D eigenvalue weighted by Crippen LogP contribution is 2.25. The van der Waals surface area contributed by atoms with Gasteiger partial charge in [-0.05, 0) is 54.7 Å². The van der Waals surface area contributed by atoms with Gasteiger partial charge >= 0.3 is 6.03 Å². The molecule has 29 heavy (non-hydrogen) atoms. The number of urea groups is 1. The Bertz CT molecular complexity index is 965. The van der Waals surface area contributed by atoms with E-state index in [1.807, 2.05) is 23.1 Å². The Morgan fingerprint density at radius 1 is 0.828 bits per heavy atom. The van der Waals surface area contributed by atoms with Crippen molar-refractivity contribution >= 4 is 21.7 Å². The average molecular weight is 414 g/mol. The molecule has 0 aromatic heterocycles. The summed E-state index contributed by atoms with van der Waals surface area (Å²) in [5.74, 6) is 0. The Morgan fingerprint density at radius 2 is 1.48 bits per heavy atom. The molecule has 2 amide bonds. The molecule has 0 spiro atoms. The van der Waals surface area contributed by atoms with Crippen LogP contribution in [0.5, 0.6) is 0 Å². The predicted octanol–water partition coefficient (Wildman–Crippen LogP) is 3.84. The van der Waals surface area contributed by atoms with Crippen LogP contribution in [-0.2, 0) is 23.0 Å². The molecule has 0 radical (unpaired) electrons. The largest absolute Gasteiger partial charge is 0.325 e. The molecule has 0 atom stereocenters. The van der Waals surface area contributed by atoms with Gasteiger partial charge in [0.05, 0.1) is 4.90 Å². The lowest BCUT2D eigenvalue weighted by Gasteiger charge is -2.28. The number of nitrogens with zero attached hydrogens (tertiary/aromatic N) is 2. The van der Waals surface area contributed by atoms with E-state index in [-0.39, 0.29) is 10.9 Å². The summed E-state index contributed by atoms with van der Waals surface area (Å²) in [5.41, 5.74) is 2.89. The zero-order valence-electron chi connectivity index (χ0n) is 16.5. The number of hydrogen-bond acceptors (Lipinski definition) is 3. The summed E-state index contributed by atoms with van der Waals surface area (Å²) < 4.78 is 27.6. The summed E-state index contributed by atoms with van der Waals surface area (Å²) in [6.45, 7) is 2.42. The van der Waals surface area contributed by atoms with Crippen LogP contribution in [-0.4, -0.2) is 43.3 Å². The SMILES string of the molecule is O=C(Nc1ccc(S(=O)(=O)N2CCc3ccccc3C2)cc1)N1CCCCCC1. The number of rotatable bonds is 3. The molecule has 1 saturated heterocycles. The normalized spacial score (nSPS) is 18.0. The van der Waals surface area contributed by atoms with Crippen molar-refractivity contribution in [3.05, 3.63) is 59.7 Å². The second-order valence-electron chi connectivity index (χ2n) is 7.71. The third-order valence-corrected chi connectivity index (χ3v) is 7.59. The minimum absolute atomic E-state index is 0.116. The second kappa shape index (κ2) is 8.55. The number of anilines is 1. The summed E-state index contributed by atoms with van der Waals surface area (Å²) in [7, 11) is -3.57. The van der Waals surface area contributed by atoms with E-state index in [4.69, 9.17) is 0 Å². The van der Waals surface area contributed by atoms with Gasteiger partial charge in [0.2, 0.25) is 10.0 Å². The summed E-state index contributed by atoms with van der Waals surface area (Å²) in [6, 6.07) is 14.3. The van der Waals surface area contributed by atoms with E-state index in [1.54, 1.807) is 24.3 Å². The molecule has 2 aromatic rings. The van der Waals surface area contributed by atoms with Crippen molar-refractivity contribution in [2.24, 2.45) is 0 Å². The van der Waals surface area contributed by atoms with E-state index in [9.17, 15) is 13.2 Å². The van der Waals surface area contributed by atoms with Gasteiger partial charge in [0.25, 0.3) is 0 Å². The molecule has 2 heterocycles. The molecule has 6 nitrogen and oxygen atoms in total. The van der Waals surface area contributed by atoms with Gasteiger partial charge in [-0.1, -0.05) is 37.1 Å². The third kappa shape index (κ3) is 4.46. The molecule has 0 unspecified atom stereocenters. The molecule has 7 heteroatoms. The first-order valence-electron chi connectivity index (χ1n) is 10.3. The van der Waals surface area contributed by atoms with Crippen molar-refractivity contribution in [2.75, 3.05) is 25.0 Å². The predicted molar refractivity (Wildman–Crippen MR) is 113 cm³/mol. The standard InChI is InChI=1S/C22H27N3O3S/c26-22(24-14-5-1-2-6-15-24)23-20-9-11-21(12-10-20)29(27,28)25-16-13-18-7-3-4-8-19(18)17-25/h3-4,7-12H,1-2,5-6,13-17H2,(H,23,26). The lowest BCUT2D eigenvalue weighted by Crippen LogP contribution is -2.36. The van der Waals surface area contributed by atoms with Crippen LogP contribution in [0.4, 0.5) is 10.5 Å². The number of carbonyl (C=O) groups is 1. The summed E-state index contributed by atoms with van der Waals surface area (Å²) in [5, 5.41) is 2.89. The van der Waals surface area contributed by atoms with Crippen LogP contribution in [0.3, 0.4) is 0 Å². The molecule has 1 fully saturated rings. The van der Waals surface area contributed by atoms with Crippen molar-refractivity contribution in [2.45, 2.75) is 43.5 Å². The lowest BCUT2D eigenvalue weighted by molar-refractivity contribution is 0.214. The zero-order valence-corrected chi connectivity index (χ0v) is 17.3. The highest BCUT2D eigenvalue weighted by Gasteiger charge is 2.28. The van der Waals surface area contributed by atoms with Gasteiger partial charge in [-0.2, -0.15) is 4.31 Å². The van der Waals surface area contributed by atoms with Crippen LogP contribution in [0, 0.1) is 0 Å². The molecular weight excluding hydrogens is 386 g/mol. The molecular formula is C22H27N3O3S. The van der Waals surface area contributed by atoms with Gasteiger partial charge in [0.15, 0.2) is 0 Å². The first kappa shape index (κ1) is 19.9. The number of hydrogen-bond donors (Lipinski definition) is 1. The van der Waals surface area contributed by atoms with Crippen molar-refractivity contribution in [1.82, 2.24) is 9.21 Å². The highest BCUT2D eigenvalue weighted by atomic mass is 32.2. The molecule has 2 aliphatic rings. The summed E-state index contributed by atoms with van der Waals surface area (Å²) in [4.78, 5) is 14.5. The van der Waals surface area contributed by atoms with Crippen LogP contribution in [0.1, 0.15) is 36.8 Å². The van der Waals surface area contributed by atoms with E-state index in [0.717, 1.165) is 50.8 Å². The van der Waals surface area contributed by atoms with Gasteiger partial charge in [-0.15, -0.1) is 0 Å². The molecule has 2 aliphatic heterocycles. The minimum Gasteiger partial charge on any atom is -0.325 e. The van der Waals surface area contributed by atoms with Gasteiger partial charge in [-0.25, -0.2) is 13.2 Å². The Hall–Kier alpha value is -2.38. The van der Waals surface area contributed by atoms with Crippen molar-refractivity contribution < 1.29 is 13.2 Å². The molecule has 0 bridgehead atoms. The number of amides is 2. The Morgan fingerprint density at radius 3 is 2.17 bits per heavy atom. The average Bonchev–Trinajstić information content (AvgIpc) is 3.03. The monoisotopic (exact) mass is 413 g/mol. The van der Waals surface area contributed by atoms with Crippen molar-refractivity contribution in [3.8, 4) is 0 Å². The molecule has 154 valence electrons. The highest BCUT2D eigenvalue weighted by molar-refractivity contribution is 7.89. The fourth-order valence-electron chi connectivity index (χ4n) is 4.01. The Balaban J connectivity index is 1.44. The first-order chi connectivity index (χ1) is 14.0. The smallest absolute Gasteiger partial charge is 0.321 e. The number of likely N-dealkylation sites (tertiary alicyclic amines) is 1. The molecule has 1 N–H and O–H groups in total. The maximum Gasteiger partial charge on any atom is 0.321 e. The summed E-state index contributed by atoms with van der Waals surface area (Å²) in [6.07, 6.45) is 5.11. The zero-order chi connectivity index (χ0) is 20.3. The molecule has 0 saturated carbocycles. The van der Waals surface area contributed by atoms with Crippen molar-refractivity contribution in [1.29, 1.82) is 0 Å². The number of sulfonamides is 1. The van der Waals surface area contributed by atoms with E-state index in [1.165, 1.54) is 9.87 Å². The quantitative estimate of drug-likeness (QED) is 0.831.